The van der Waals surface area contributed by atoms with Gasteiger partial charge in [0.15, 0.2) is 0 Å². The van der Waals surface area contributed by atoms with Crippen molar-refractivity contribution in [1.82, 2.24) is 35.1 Å². The third-order valence-electron chi connectivity index (χ3n) is 12.3. The van der Waals surface area contributed by atoms with Crippen LogP contribution in [0, 0.1) is 11.8 Å². The minimum Gasteiger partial charge on any atom is -0.481 e. The van der Waals surface area contributed by atoms with E-state index >= 15 is 0 Å². The Morgan fingerprint density at radius 1 is 0.930 bits per heavy atom. The van der Waals surface area contributed by atoms with Crippen molar-refractivity contribution in [3.63, 3.8) is 0 Å². The van der Waals surface area contributed by atoms with E-state index in [1.54, 1.807) is 6.20 Å². The highest BCUT2D eigenvalue weighted by molar-refractivity contribution is 6.01. The molecular weight excluding hydrogens is 742 g/mol. The molecule has 2 N–H and O–H groups in total. The van der Waals surface area contributed by atoms with Gasteiger partial charge in [0.05, 0.1) is 30.6 Å². The fourth-order valence-corrected chi connectivity index (χ4v) is 9.10. The number of carbonyl (C=O) groups excluding carboxylic acids is 3. The number of fused-ring (bicyclic) bond motifs is 1. The quantitative estimate of drug-likeness (QED) is 0.302. The van der Waals surface area contributed by atoms with E-state index < -0.39 is 17.6 Å². The van der Waals surface area contributed by atoms with Gasteiger partial charge in [0.1, 0.15) is 23.5 Å². The monoisotopic (exact) mass is 790 g/mol. The molecule has 0 bridgehead atoms. The number of rotatable bonds is 9. The molecule has 0 aliphatic carbocycles. The number of imide groups is 1. The predicted octanol–water partition coefficient (Wildman–Crippen LogP) is 4.02. The van der Waals surface area contributed by atoms with E-state index in [1.807, 2.05) is 21.9 Å². The maximum Gasteiger partial charge on any atom is 0.421 e. The number of nitrogens with zero attached hydrogens (tertiary/aromatic N) is 8. The van der Waals surface area contributed by atoms with Crippen LogP contribution in [0.3, 0.4) is 0 Å². The number of halogens is 3. The second-order valence-corrected chi connectivity index (χ2v) is 15.9. The molecule has 8 heterocycles. The number of pyridine rings is 2. The summed E-state index contributed by atoms with van der Waals surface area (Å²) in [6.07, 6.45) is 6.07. The number of amides is 3. The number of hydrogen-bond acceptors (Lipinski definition) is 12. The van der Waals surface area contributed by atoms with E-state index in [1.165, 1.54) is 19.6 Å². The number of carbonyl (C=O) groups is 3. The van der Waals surface area contributed by atoms with Crippen LogP contribution in [0.1, 0.15) is 73.2 Å². The summed E-state index contributed by atoms with van der Waals surface area (Å²) >= 11 is 0. The zero-order valence-electron chi connectivity index (χ0n) is 32.1. The van der Waals surface area contributed by atoms with Gasteiger partial charge in [-0.1, -0.05) is 0 Å². The van der Waals surface area contributed by atoms with Gasteiger partial charge in [-0.15, -0.1) is 0 Å². The van der Waals surface area contributed by atoms with Crippen LogP contribution in [0.25, 0.3) is 0 Å². The van der Waals surface area contributed by atoms with Crippen LogP contribution in [-0.4, -0.2) is 113 Å². The molecule has 4 saturated heterocycles. The van der Waals surface area contributed by atoms with Crippen molar-refractivity contribution in [3.05, 3.63) is 59.3 Å². The van der Waals surface area contributed by atoms with Gasteiger partial charge in [-0.25, -0.2) is 19.9 Å². The summed E-state index contributed by atoms with van der Waals surface area (Å²) in [4.78, 5) is 63.9. The van der Waals surface area contributed by atoms with Gasteiger partial charge in [0, 0.05) is 82.4 Å². The average Bonchev–Trinajstić information content (AvgIpc) is 3.69. The van der Waals surface area contributed by atoms with E-state index in [4.69, 9.17) is 4.74 Å². The molecule has 0 saturated carbocycles. The molecule has 17 heteroatoms. The Kier molecular flexibility index (Phi) is 11.2. The highest BCUT2D eigenvalue weighted by atomic mass is 19.4. The molecule has 57 heavy (non-hydrogen) atoms. The van der Waals surface area contributed by atoms with E-state index in [-0.39, 0.29) is 35.6 Å². The first-order chi connectivity index (χ1) is 27.5. The van der Waals surface area contributed by atoms with Crippen molar-refractivity contribution in [3.8, 4) is 5.88 Å². The molecule has 1 unspecified atom stereocenters. The molecular formula is C40H49F3N10O4. The van der Waals surface area contributed by atoms with Crippen LogP contribution in [0.5, 0.6) is 5.88 Å². The summed E-state index contributed by atoms with van der Waals surface area (Å²) < 4.78 is 46.1. The van der Waals surface area contributed by atoms with Crippen molar-refractivity contribution < 1.29 is 32.3 Å². The molecule has 8 rings (SSSR count). The van der Waals surface area contributed by atoms with Crippen molar-refractivity contribution >= 4 is 35.0 Å². The number of likely N-dealkylation sites (tertiary alicyclic amines) is 2. The van der Waals surface area contributed by atoms with E-state index in [2.05, 4.69) is 40.4 Å². The minimum atomic E-state index is -4.60. The van der Waals surface area contributed by atoms with Gasteiger partial charge in [0.2, 0.25) is 23.6 Å². The Balaban J connectivity index is 0.793. The highest BCUT2D eigenvalue weighted by Gasteiger charge is 2.38. The molecule has 0 spiro atoms. The summed E-state index contributed by atoms with van der Waals surface area (Å²) in [5.41, 5.74) is 2.04. The van der Waals surface area contributed by atoms with Crippen LogP contribution in [-0.2, 0) is 33.5 Å². The summed E-state index contributed by atoms with van der Waals surface area (Å²) in [5, 5.41) is 5.99. The zero-order valence-corrected chi connectivity index (χ0v) is 32.1. The van der Waals surface area contributed by atoms with Crippen molar-refractivity contribution in [2.75, 3.05) is 74.6 Å². The molecule has 304 valence electrons. The van der Waals surface area contributed by atoms with Gasteiger partial charge in [-0.05, 0) is 81.3 Å². The maximum absolute atomic E-state index is 13.7. The number of methoxy groups -OCH3 is 1. The summed E-state index contributed by atoms with van der Waals surface area (Å²) in [5.74, 6) is 1.09. The van der Waals surface area contributed by atoms with Crippen LogP contribution < -0.4 is 25.2 Å². The highest BCUT2D eigenvalue weighted by Crippen LogP contribution is 2.38. The first-order valence-corrected chi connectivity index (χ1v) is 20.0. The van der Waals surface area contributed by atoms with Crippen LogP contribution in [0.15, 0.2) is 36.9 Å². The van der Waals surface area contributed by atoms with Crippen LogP contribution in [0.4, 0.5) is 30.5 Å². The SMILES string of the molecule is COc1ncc(N2CCc3ncnc(N[C@H]4CCN(C(=O)C5CCN(CC6CCN(c7cc(C8CCC(=O)NC8=O)ccn7)CC6)CC5)C4)c3C2)cc1C(F)(F)F. The molecule has 0 radical (unpaired) electrons. The topological polar surface area (TPSA) is 149 Å². The lowest BCUT2D eigenvalue weighted by Crippen LogP contribution is -2.45. The predicted molar refractivity (Wildman–Crippen MR) is 205 cm³/mol. The fourth-order valence-electron chi connectivity index (χ4n) is 9.10. The number of nitrogens with one attached hydrogen (secondary N) is 2. The first-order valence-electron chi connectivity index (χ1n) is 20.0. The van der Waals surface area contributed by atoms with Gasteiger partial charge in [-0.3, -0.25) is 19.7 Å². The number of aromatic nitrogens is 4. The number of alkyl halides is 3. The van der Waals surface area contributed by atoms with E-state index in [0.29, 0.717) is 62.9 Å². The largest absolute Gasteiger partial charge is 0.481 e. The summed E-state index contributed by atoms with van der Waals surface area (Å²) in [7, 11) is 1.17. The van der Waals surface area contributed by atoms with E-state index in [0.717, 1.165) is 93.5 Å². The Hall–Kier alpha value is -5.06. The molecule has 5 aliphatic rings. The van der Waals surface area contributed by atoms with Gasteiger partial charge in [0.25, 0.3) is 0 Å². The van der Waals surface area contributed by atoms with Gasteiger partial charge >= 0.3 is 6.18 Å². The summed E-state index contributed by atoms with van der Waals surface area (Å²) in [6, 6.07) is 4.96. The Labute approximate surface area is 329 Å². The fraction of sp³-hybridized carbons (Fsp3) is 0.575. The molecule has 0 aromatic carbocycles. The van der Waals surface area contributed by atoms with Gasteiger partial charge < -0.3 is 29.7 Å². The normalized spacial score (nSPS) is 22.7. The average molecular weight is 791 g/mol. The molecule has 3 aromatic heterocycles. The van der Waals surface area contributed by atoms with Gasteiger partial charge in [-0.2, -0.15) is 13.2 Å². The van der Waals surface area contributed by atoms with Crippen molar-refractivity contribution in [1.29, 1.82) is 0 Å². The lowest BCUT2D eigenvalue weighted by atomic mass is 9.90. The number of anilines is 3. The number of piperidine rings is 3. The third-order valence-corrected chi connectivity index (χ3v) is 12.3. The molecule has 2 atom stereocenters. The molecule has 3 amide bonds. The standard InChI is InChI=1S/C40H49F3N10O4/c1-57-38-32(40(41,42)43)19-29(20-45-38)52-17-10-33-31(23-52)36(47-24-46-33)48-28-9-16-53(22-28)39(56)26-7-12-50(13-8-26)21-25-5-14-51(15-6-25)34-18-27(4-11-44-34)30-2-3-35(54)49-37(30)55/h4,11,18-20,24-26,28,30H,2-3,5-10,12-17,21-23H2,1H3,(H,46,47,48)(H,49,54,55)/t28-,30?/m0/s1. The Bertz CT molecular complexity index is 1970. The molecule has 3 aromatic rings. The number of hydrogen-bond donors (Lipinski definition) is 2. The van der Waals surface area contributed by atoms with E-state index in [9.17, 15) is 27.6 Å². The van der Waals surface area contributed by atoms with Crippen molar-refractivity contribution in [2.45, 2.75) is 76.0 Å². The number of ether oxygens (including phenoxy) is 1. The molecule has 5 aliphatic heterocycles. The second-order valence-electron chi connectivity index (χ2n) is 15.9. The lowest BCUT2D eigenvalue weighted by molar-refractivity contribution is -0.139. The maximum atomic E-state index is 13.7. The first kappa shape index (κ1) is 38.8. The minimum absolute atomic E-state index is 0.00359. The lowest BCUT2D eigenvalue weighted by Gasteiger charge is -2.38. The summed E-state index contributed by atoms with van der Waals surface area (Å²) in [6.45, 7) is 6.67. The third kappa shape index (κ3) is 8.62. The Morgan fingerprint density at radius 3 is 2.49 bits per heavy atom. The molecule has 4 fully saturated rings. The van der Waals surface area contributed by atoms with Crippen LogP contribution >= 0.6 is 0 Å². The van der Waals surface area contributed by atoms with Crippen LogP contribution in [0.2, 0.25) is 0 Å². The molecule has 14 nitrogen and oxygen atoms in total. The second kappa shape index (κ2) is 16.4. The zero-order chi connectivity index (χ0) is 39.7. The smallest absolute Gasteiger partial charge is 0.421 e. The van der Waals surface area contributed by atoms with Crippen molar-refractivity contribution in [2.24, 2.45) is 11.8 Å². The Morgan fingerprint density at radius 2 is 1.74 bits per heavy atom.